The Bertz CT molecular complexity index is 69.6. The molecular formula is C15H33N. The highest BCUT2D eigenvalue weighted by atomic mass is 14.6. The van der Waals surface area contributed by atoms with Gasteiger partial charge in [0, 0.05) is 6.20 Å². The van der Waals surface area contributed by atoms with E-state index < -0.39 is 0 Å². The van der Waals surface area contributed by atoms with Crippen LogP contribution >= 0.6 is 0 Å². The molecule has 0 atom stereocenters. The Labute approximate surface area is 105 Å². The minimum Gasteiger partial charge on any atom is -0.273 e. The van der Waals surface area contributed by atoms with Crippen molar-refractivity contribution in [2.75, 3.05) is 0 Å². The summed E-state index contributed by atoms with van der Waals surface area (Å²) in [6.45, 7) is 31.1. The molecule has 0 rings (SSSR count). The van der Waals surface area contributed by atoms with Crippen LogP contribution in [-0.2, 0) is 0 Å². The average Bonchev–Trinajstić information content (AvgIpc) is 2.47. The van der Waals surface area contributed by atoms with Crippen molar-refractivity contribution in [1.82, 2.24) is 0 Å². The molecule has 98 valence electrons. The van der Waals surface area contributed by atoms with Crippen molar-refractivity contribution in [3.05, 3.63) is 51.2 Å². The summed E-state index contributed by atoms with van der Waals surface area (Å²) in [6, 6.07) is 0. The molecule has 0 saturated carbocycles. The van der Waals surface area contributed by atoms with E-state index in [0.29, 0.717) is 0 Å². The van der Waals surface area contributed by atoms with Crippen molar-refractivity contribution in [1.29, 1.82) is 0 Å². The topological polar surface area (TPSA) is 12.4 Å². The highest BCUT2D eigenvalue weighted by Crippen LogP contribution is 1.52. The zero-order valence-corrected chi connectivity index (χ0v) is 12.4. The van der Waals surface area contributed by atoms with Gasteiger partial charge in [0.1, 0.15) is 0 Å². The third kappa shape index (κ3) is 4300. The highest BCUT2D eigenvalue weighted by Gasteiger charge is 1.29. The van der Waals surface area contributed by atoms with Crippen LogP contribution in [0.1, 0.15) is 41.5 Å². The van der Waals surface area contributed by atoms with Crippen molar-refractivity contribution in [3.8, 4) is 0 Å². The molecule has 1 nitrogen and oxygen atoms in total. The summed E-state index contributed by atoms with van der Waals surface area (Å²) in [6.07, 6.45) is 4.67. The molecule has 0 saturated heterocycles. The first kappa shape index (κ1) is 36.5. The summed E-state index contributed by atoms with van der Waals surface area (Å²) in [5.41, 5.74) is 0. The van der Waals surface area contributed by atoms with Crippen molar-refractivity contribution < 1.29 is 0 Å². The number of nitrogens with zero attached hydrogens (tertiary/aromatic N) is 1. The molecule has 0 aliphatic rings. The zero-order chi connectivity index (χ0) is 14.8. The third-order valence-corrected chi connectivity index (χ3v) is 0.296. The van der Waals surface area contributed by atoms with E-state index in [1.165, 1.54) is 6.20 Å². The molecule has 0 aromatic heterocycles. The van der Waals surface area contributed by atoms with Gasteiger partial charge in [-0.25, -0.2) is 0 Å². The Morgan fingerprint density at radius 3 is 0.812 bits per heavy atom. The SMILES string of the molecule is C=C.C=CC=C.C=CN=C.CC.CC.CC. The highest BCUT2D eigenvalue weighted by molar-refractivity contribution is 5.24. The molecule has 0 aromatic carbocycles. The maximum atomic E-state index is 3.36. The van der Waals surface area contributed by atoms with Crippen LogP contribution in [0.2, 0.25) is 0 Å². The van der Waals surface area contributed by atoms with Crippen molar-refractivity contribution >= 4 is 6.72 Å². The van der Waals surface area contributed by atoms with Crippen molar-refractivity contribution in [2.45, 2.75) is 41.5 Å². The van der Waals surface area contributed by atoms with Crippen LogP contribution in [0, 0.1) is 0 Å². The first-order chi connectivity index (χ1) is 7.83. The van der Waals surface area contributed by atoms with Gasteiger partial charge in [-0.15, -0.1) is 13.2 Å². The van der Waals surface area contributed by atoms with E-state index in [-0.39, 0.29) is 0 Å². The van der Waals surface area contributed by atoms with E-state index in [4.69, 9.17) is 0 Å². The fourth-order valence-electron chi connectivity index (χ4n) is 0. The lowest BCUT2D eigenvalue weighted by Crippen LogP contribution is -1.26. The van der Waals surface area contributed by atoms with Crippen molar-refractivity contribution in [3.63, 3.8) is 0 Å². The molecule has 0 amide bonds. The van der Waals surface area contributed by atoms with E-state index in [1.54, 1.807) is 12.2 Å². The summed E-state index contributed by atoms with van der Waals surface area (Å²) in [5, 5.41) is 0. The third-order valence-electron chi connectivity index (χ3n) is 0.296. The standard InChI is InChI=1S/C4H6.C3H5N.3C2H6.C2H4/c2*1-3-4-2;4*1-2/h3-4H,1-2H2;3H,1-2H2;3*1-2H3;1-2H2. The van der Waals surface area contributed by atoms with Crippen LogP contribution in [0.15, 0.2) is 56.2 Å². The van der Waals surface area contributed by atoms with Gasteiger partial charge in [0.15, 0.2) is 0 Å². The van der Waals surface area contributed by atoms with Gasteiger partial charge in [0.2, 0.25) is 0 Å². The summed E-state index contributed by atoms with van der Waals surface area (Å²) in [4.78, 5) is 3.25. The molecule has 0 aliphatic heterocycles. The molecule has 0 aliphatic carbocycles. The number of allylic oxidation sites excluding steroid dienone is 2. The van der Waals surface area contributed by atoms with Gasteiger partial charge < -0.3 is 0 Å². The molecule has 0 radical (unpaired) electrons. The molecule has 0 bridgehead atoms. The van der Waals surface area contributed by atoms with Crippen LogP contribution in [0.25, 0.3) is 0 Å². The Hall–Kier alpha value is -1.37. The Balaban J connectivity index is -0.0000000196. The first-order valence-electron chi connectivity index (χ1n) is 5.63. The molecular weight excluding hydrogens is 194 g/mol. The molecule has 0 fully saturated rings. The minimum absolute atomic E-state index is 1.39. The Kier molecular flexibility index (Phi) is 717. The summed E-state index contributed by atoms with van der Waals surface area (Å²) >= 11 is 0. The molecule has 0 N–H and O–H groups in total. The van der Waals surface area contributed by atoms with E-state index in [1.807, 2.05) is 41.5 Å². The van der Waals surface area contributed by atoms with Gasteiger partial charge in [0.25, 0.3) is 0 Å². The number of aliphatic imine (C=N–C) groups is 1. The summed E-state index contributed by atoms with van der Waals surface area (Å²) in [7, 11) is 0. The Morgan fingerprint density at radius 2 is 0.812 bits per heavy atom. The van der Waals surface area contributed by atoms with Gasteiger partial charge in [-0.2, -0.15) is 0 Å². The van der Waals surface area contributed by atoms with Gasteiger partial charge in [-0.3, -0.25) is 4.99 Å². The lowest BCUT2D eigenvalue weighted by molar-refractivity contribution is 1.50. The monoisotopic (exact) mass is 227 g/mol. The zero-order valence-electron chi connectivity index (χ0n) is 12.4. The predicted molar refractivity (Wildman–Crippen MR) is 85.4 cm³/mol. The van der Waals surface area contributed by atoms with Crippen LogP contribution in [0.3, 0.4) is 0 Å². The van der Waals surface area contributed by atoms with Crippen LogP contribution < -0.4 is 0 Å². The molecule has 16 heavy (non-hydrogen) atoms. The second kappa shape index (κ2) is 314. The fourth-order valence-corrected chi connectivity index (χ4v) is 0. The van der Waals surface area contributed by atoms with Crippen molar-refractivity contribution in [2.24, 2.45) is 4.99 Å². The minimum atomic E-state index is 1.39. The van der Waals surface area contributed by atoms with Gasteiger partial charge in [-0.1, -0.05) is 73.4 Å². The van der Waals surface area contributed by atoms with E-state index in [0.717, 1.165) is 0 Å². The number of hydrogen-bond donors (Lipinski definition) is 0. The van der Waals surface area contributed by atoms with Crippen LogP contribution in [0.5, 0.6) is 0 Å². The first-order valence-corrected chi connectivity index (χ1v) is 5.63. The maximum Gasteiger partial charge on any atom is 0.0188 e. The van der Waals surface area contributed by atoms with E-state index in [9.17, 15) is 0 Å². The van der Waals surface area contributed by atoms with E-state index >= 15 is 0 Å². The second-order valence-corrected chi connectivity index (χ2v) is 0.837. The van der Waals surface area contributed by atoms with Gasteiger partial charge in [0.05, 0.1) is 0 Å². The molecule has 0 aromatic rings. The van der Waals surface area contributed by atoms with Gasteiger partial charge >= 0.3 is 0 Å². The maximum absolute atomic E-state index is 3.36. The number of hydrogen-bond acceptors (Lipinski definition) is 1. The fraction of sp³-hybridized carbons (Fsp3) is 0.400. The normalized spacial score (nSPS) is 3.88. The molecule has 1 heteroatoms. The Morgan fingerprint density at radius 1 is 0.688 bits per heavy atom. The average molecular weight is 227 g/mol. The van der Waals surface area contributed by atoms with E-state index in [2.05, 4.69) is 44.6 Å². The number of rotatable bonds is 2. The lowest BCUT2D eigenvalue weighted by atomic mass is 10.6. The quantitative estimate of drug-likeness (QED) is 0.308. The summed E-state index contributed by atoms with van der Waals surface area (Å²) in [5.74, 6) is 0. The lowest BCUT2D eigenvalue weighted by Gasteiger charge is -1.48. The smallest absolute Gasteiger partial charge is 0.0188 e. The second-order valence-electron chi connectivity index (χ2n) is 0.837. The van der Waals surface area contributed by atoms with Crippen LogP contribution in [-0.4, -0.2) is 6.72 Å². The molecule has 0 spiro atoms. The largest absolute Gasteiger partial charge is 0.273 e. The summed E-state index contributed by atoms with van der Waals surface area (Å²) < 4.78 is 0. The molecule has 0 unspecified atom stereocenters. The van der Waals surface area contributed by atoms with Crippen LogP contribution in [0.4, 0.5) is 0 Å². The predicted octanol–water partition coefficient (Wildman–Crippen LogP) is 6.07. The molecule has 0 heterocycles. The van der Waals surface area contributed by atoms with Gasteiger partial charge in [-0.05, 0) is 6.72 Å².